The van der Waals surface area contributed by atoms with Gasteiger partial charge in [0.25, 0.3) is 0 Å². The van der Waals surface area contributed by atoms with E-state index in [9.17, 15) is 14.4 Å². The first kappa shape index (κ1) is 16.9. The Morgan fingerprint density at radius 1 is 1.21 bits per heavy atom. The highest BCUT2D eigenvalue weighted by Gasteiger charge is 2.21. The fraction of sp³-hybridized carbons (Fsp3) is 0.667. The lowest BCUT2D eigenvalue weighted by Crippen LogP contribution is -2.50. The highest BCUT2D eigenvalue weighted by Crippen LogP contribution is 2.04. The molecule has 3 N–H and O–H groups in total. The molecule has 0 heterocycles. The molecule has 1 unspecified atom stereocenters. The quantitative estimate of drug-likeness (QED) is 0.530. The van der Waals surface area contributed by atoms with Crippen LogP contribution in [0.25, 0.3) is 0 Å². The Morgan fingerprint density at radius 3 is 2.32 bits per heavy atom. The number of hydrogen-bond donors (Lipinski definition) is 3. The van der Waals surface area contributed by atoms with Crippen molar-refractivity contribution >= 4 is 17.7 Å². The standard InChI is InChI=1S/C12H20N4O3/c1-8(2)6-10(12(19)14-5-4-13)16-11(18)7-15-9(3)17/h8,10H,5-7H2,1-3H3,(H,14,19)(H,15,17)(H,16,18). The molecule has 0 saturated heterocycles. The summed E-state index contributed by atoms with van der Waals surface area (Å²) < 4.78 is 0. The van der Waals surface area contributed by atoms with Crippen LogP contribution in [-0.4, -0.2) is 36.9 Å². The number of carbonyl (C=O) groups is 3. The number of nitrogens with one attached hydrogen (secondary N) is 3. The number of nitrogens with zero attached hydrogens (tertiary/aromatic N) is 1. The summed E-state index contributed by atoms with van der Waals surface area (Å²) in [6.07, 6.45) is 0.461. The van der Waals surface area contributed by atoms with Crippen molar-refractivity contribution in [3.63, 3.8) is 0 Å². The minimum absolute atomic E-state index is 0.102. The molecule has 0 saturated carbocycles. The highest BCUT2D eigenvalue weighted by molar-refractivity contribution is 5.89. The number of amides is 3. The molecule has 106 valence electrons. The molecule has 0 aliphatic carbocycles. The van der Waals surface area contributed by atoms with Gasteiger partial charge in [-0.3, -0.25) is 14.4 Å². The molecule has 0 aliphatic heterocycles. The fourth-order valence-corrected chi connectivity index (χ4v) is 1.40. The zero-order valence-corrected chi connectivity index (χ0v) is 11.4. The Balaban J connectivity index is 4.41. The Bertz CT molecular complexity index is 374. The van der Waals surface area contributed by atoms with Gasteiger partial charge >= 0.3 is 0 Å². The third kappa shape index (κ3) is 8.60. The number of carbonyl (C=O) groups excluding carboxylic acids is 3. The van der Waals surface area contributed by atoms with E-state index in [-0.39, 0.29) is 24.9 Å². The van der Waals surface area contributed by atoms with E-state index in [1.165, 1.54) is 6.92 Å². The number of hydrogen-bond acceptors (Lipinski definition) is 4. The summed E-state index contributed by atoms with van der Waals surface area (Å²) in [4.78, 5) is 34.0. The molecule has 0 fully saturated rings. The van der Waals surface area contributed by atoms with Gasteiger partial charge in [-0.15, -0.1) is 0 Å². The van der Waals surface area contributed by atoms with Crippen LogP contribution in [0.1, 0.15) is 27.2 Å². The molecule has 0 aromatic carbocycles. The van der Waals surface area contributed by atoms with Crippen LogP contribution in [0, 0.1) is 17.2 Å². The summed E-state index contributed by atoms with van der Waals surface area (Å²) in [5, 5.41) is 15.7. The van der Waals surface area contributed by atoms with Crippen molar-refractivity contribution in [2.75, 3.05) is 13.1 Å². The zero-order chi connectivity index (χ0) is 14.8. The lowest BCUT2D eigenvalue weighted by molar-refractivity contribution is -0.129. The van der Waals surface area contributed by atoms with Crippen LogP contribution >= 0.6 is 0 Å². The van der Waals surface area contributed by atoms with Crippen LogP contribution in [0.2, 0.25) is 0 Å². The minimum Gasteiger partial charge on any atom is -0.347 e. The lowest BCUT2D eigenvalue weighted by atomic mass is 10.0. The molecule has 0 aromatic heterocycles. The molecule has 7 nitrogen and oxygen atoms in total. The summed E-state index contributed by atoms with van der Waals surface area (Å²) in [6, 6.07) is 1.10. The van der Waals surface area contributed by atoms with Crippen LogP contribution < -0.4 is 16.0 Å². The molecular formula is C12H20N4O3. The van der Waals surface area contributed by atoms with E-state index in [1.807, 2.05) is 13.8 Å². The average molecular weight is 268 g/mol. The maximum absolute atomic E-state index is 11.7. The predicted octanol–water partition coefficient (Wildman–Crippen LogP) is -0.707. The normalized spacial score (nSPS) is 11.3. The van der Waals surface area contributed by atoms with Gasteiger partial charge in [0, 0.05) is 6.92 Å². The van der Waals surface area contributed by atoms with E-state index in [4.69, 9.17) is 5.26 Å². The van der Waals surface area contributed by atoms with Gasteiger partial charge in [-0.1, -0.05) is 13.8 Å². The van der Waals surface area contributed by atoms with E-state index in [0.29, 0.717) is 6.42 Å². The average Bonchev–Trinajstić information content (AvgIpc) is 2.32. The van der Waals surface area contributed by atoms with Crippen molar-refractivity contribution in [1.82, 2.24) is 16.0 Å². The van der Waals surface area contributed by atoms with E-state index in [1.54, 1.807) is 6.07 Å². The second-order valence-electron chi connectivity index (χ2n) is 4.54. The second-order valence-corrected chi connectivity index (χ2v) is 4.54. The van der Waals surface area contributed by atoms with Gasteiger partial charge in [-0.05, 0) is 12.3 Å². The number of rotatable bonds is 7. The summed E-state index contributed by atoms with van der Waals surface area (Å²) >= 11 is 0. The van der Waals surface area contributed by atoms with Crippen LogP contribution in [0.5, 0.6) is 0 Å². The molecule has 19 heavy (non-hydrogen) atoms. The fourth-order valence-electron chi connectivity index (χ4n) is 1.40. The number of nitriles is 1. The molecule has 1 atom stereocenters. The minimum atomic E-state index is -0.699. The molecule has 7 heteroatoms. The largest absolute Gasteiger partial charge is 0.347 e. The highest BCUT2D eigenvalue weighted by atomic mass is 16.2. The van der Waals surface area contributed by atoms with Crippen molar-refractivity contribution in [2.24, 2.45) is 5.92 Å². The zero-order valence-electron chi connectivity index (χ0n) is 11.4. The summed E-state index contributed by atoms with van der Waals surface area (Å²) in [6.45, 7) is 4.87. The third-order valence-electron chi connectivity index (χ3n) is 2.20. The van der Waals surface area contributed by atoms with Gasteiger partial charge in [0.05, 0.1) is 12.6 Å². The second kappa shape index (κ2) is 8.91. The van der Waals surface area contributed by atoms with Gasteiger partial charge in [0.2, 0.25) is 17.7 Å². The Kier molecular flexibility index (Phi) is 7.93. The third-order valence-corrected chi connectivity index (χ3v) is 2.20. The summed E-state index contributed by atoms with van der Waals surface area (Å²) in [5.41, 5.74) is 0. The van der Waals surface area contributed by atoms with Crippen molar-refractivity contribution in [2.45, 2.75) is 33.2 Å². The summed E-state index contributed by atoms with van der Waals surface area (Å²) in [7, 11) is 0. The SMILES string of the molecule is CC(=O)NCC(=O)NC(CC(C)C)C(=O)NCC#N. The van der Waals surface area contributed by atoms with E-state index in [2.05, 4.69) is 16.0 Å². The molecule has 0 rings (SSSR count). The van der Waals surface area contributed by atoms with Crippen LogP contribution in [0.15, 0.2) is 0 Å². The van der Waals surface area contributed by atoms with E-state index >= 15 is 0 Å². The summed E-state index contributed by atoms with van der Waals surface area (Å²) in [5.74, 6) is -0.942. The monoisotopic (exact) mass is 268 g/mol. The van der Waals surface area contributed by atoms with Gasteiger partial charge in [-0.25, -0.2) is 0 Å². The van der Waals surface area contributed by atoms with Crippen molar-refractivity contribution in [3.8, 4) is 6.07 Å². The molecule has 0 spiro atoms. The first-order chi connectivity index (χ1) is 8.86. The van der Waals surface area contributed by atoms with E-state index < -0.39 is 17.9 Å². The van der Waals surface area contributed by atoms with Crippen molar-refractivity contribution < 1.29 is 14.4 Å². The Morgan fingerprint density at radius 2 is 1.84 bits per heavy atom. The van der Waals surface area contributed by atoms with Gasteiger partial charge in [0.1, 0.15) is 12.6 Å². The molecule has 0 aliphatic rings. The van der Waals surface area contributed by atoms with Gasteiger partial charge in [-0.2, -0.15) is 5.26 Å². The molecule has 0 aromatic rings. The molecule has 3 amide bonds. The molecule has 0 radical (unpaired) electrons. The van der Waals surface area contributed by atoms with Crippen LogP contribution in [0.4, 0.5) is 0 Å². The first-order valence-electron chi connectivity index (χ1n) is 6.05. The van der Waals surface area contributed by atoms with E-state index in [0.717, 1.165) is 0 Å². The maximum Gasteiger partial charge on any atom is 0.243 e. The Hall–Kier alpha value is -2.10. The van der Waals surface area contributed by atoms with Crippen molar-refractivity contribution in [1.29, 1.82) is 5.26 Å². The topological polar surface area (TPSA) is 111 Å². The molecular weight excluding hydrogens is 248 g/mol. The van der Waals surface area contributed by atoms with Gasteiger partial charge in [0.15, 0.2) is 0 Å². The van der Waals surface area contributed by atoms with Crippen LogP contribution in [-0.2, 0) is 14.4 Å². The maximum atomic E-state index is 11.7. The van der Waals surface area contributed by atoms with Gasteiger partial charge < -0.3 is 16.0 Å². The van der Waals surface area contributed by atoms with Crippen LogP contribution in [0.3, 0.4) is 0 Å². The first-order valence-corrected chi connectivity index (χ1v) is 6.05. The lowest BCUT2D eigenvalue weighted by Gasteiger charge is -2.19. The van der Waals surface area contributed by atoms with Crippen molar-refractivity contribution in [3.05, 3.63) is 0 Å². The molecule has 0 bridgehead atoms. The Labute approximate surface area is 112 Å². The smallest absolute Gasteiger partial charge is 0.243 e. The predicted molar refractivity (Wildman–Crippen MR) is 68.7 cm³/mol.